The molecule has 0 saturated heterocycles. The van der Waals surface area contributed by atoms with E-state index in [-0.39, 0.29) is 0 Å². The molecule has 3 rings (SSSR count). The number of nitrogens with zero attached hydrogens (tertiary/aromatic N) is 3. The normalized spacial score (nSPS) is 15.8. The number of hydrogen-bond donors (Lipinski definition) is 0. The lowest BCUT2D eigenvalue weighted by molar-refractivity contribution is 0.111. The second kappa shape index (κ2) is 3.26. The molecule has 1 aliphatic carbocycles. The van der Waals surface area contributed by atoms with E-state index in [4.69, 9.17) is 0 Å². The summed E-state index contributed by atoms with van der Waals surface area (Å²) in [6.45, 7) is 0. The molecular formula is C10H8IN3O. The van der Waals surface area contributed by atoms with Crippen LogP contribution < -0.4 is 0 Å². The minimum absolute atomic E-state index is 0.476. The third kappa shape index (κ3) is 1.45. The van der Waals surface area contributed by atoms with Gasteiger partial charge in [0, 0.05) is 5.92 Å². The number of carbonyl (C=O) groups is 1. The van der Waals surface area contributed by atoms with Crippen molar-refractivity contribution in [3.8, 4) is 0 Å². The molecule has 15 heavy (non-hydrogen) atoms. The summed E-state index contributed by atoms with van der Waals surface area (Å²) >= 11 is 2.13. The Labute approximate surface area is 99.8 Å². The fraction of sp³-hybridized carbons (Fsp3) is 0.300. The number of imidazole rings is 1. The maximum Gasteiger partial charge on any atom is 0.170 e. The van der Waals surface area contributed by atoms with Crippen molar-refractivity contribution in [3.05, 3.63) is 27.2 Å². The summed E-state index contributed by atoms with van der Waals surface area (Å²) in [6, 6.07) is 3.79. The number of hydrogen-bond acceptors (Lipinski definition) is 3. The van der Waals surface area contributed by atoms with Gasteiger partial charge in [-0.15, -0.1) is 0 Å². The summed E-state index contributed by atoms with van der Waals surface area (Å²) in [4.78, 5) is 15.5. The summed E-state index contributed by atoms with van der Waals surface area (Å²) in [7, 11) is 0. The lowest BCUT2D eigenvalue weighted by Gasteiger charge is -1.95. The third-order valence-corrected chi connectivity index (χ3v) is 3.16. The van der Waals surface area contributed by atoms with Crippen LogP contribution in [0.3, 0.4) is 0 Å². The molecule has 76 valence electrons. The van der Waals surface area contributed by atoms with E-state index in [1.807, 2.05) is 12.1 Å². The molecule has 0 spiro atoms. The van der Waals surface area contributed by atoms with Gasteiger partial charge in [0.1, 0.15) is 9.39 Å². The molecule has 0 N–H and O–H groups in total. The topological polar surface area (TPSA) is 47.3 Å². The molecule has 0 aromatic carbocycles. The molecule has 0 amide bonds. The van der Waals surface area contributed by atoms with E-state index in [1.165, 1.54) is 0 Å². The first-order valence-electron chi connectivity index (χ1n) is 4.80. The zero-order valence-electron chi connectivity index (χ0n) is 7.85. The Morgan fingerprint density at radius 2 is 2.27 bits per heavy atom. The van der Waals surface area contributed by atoms with Gasteiger partial charge in [-0.1, -0.05) is 0 Å². The van der Waals surface area contributed by atoms with Crippen molar-refractivity contribution >= 4 is 34.5 Å². The molecular weight excluding hydrogens is 305 g/mol. The van der Waals surface area contributed by atoms with Crippen LogP contribution in [0.2, 0.25) is 0 Å². The van der Waals surface area contributed by atoms with Crippen molar-refractivity contribution in [2.24, 2.45) is 0 Å². The van der Waals surface area contributed by atoms with Gasteiger partial charge in [-0.05, 0) is 47.6 Å². The van der Waals surface area contributed by atoms with Crippen LogP contribution in [0.4, 0.5) is 0 Å². The largest absolute Gasteiger partial charge is 0.296 e. The molecule has 1 saturated carbocycles. The quantitative estimate of drug-likeness (QED) is 0.629. The second-order valence-corrected chi connectivity index (χ2v) is 4.81. The van der Waals surface area contributed by atoms with Crippen LogP contribution >= 0.6 is 22.6 Å². The van der Waals surface area contributed by atoms with Gasteiger partial charge in [0.25, 0.3) is 0 Å². The average Bonchev–Trinajstić information content (AvgIpc) is 3.00. The van der Waals surface area contributed by atoms with Crippen molar-refractivity contribution < 1.29 is 4.79 Å². The summed E-state index contributed by atoms with van der Waals surface area (Å²) in [6.07, 6.45) is 3.14. The first kappa shape index (κ1) is 9.26. The number of aldehydes is 1. The summed E-state index contributed by atoms with van der Waals surface area (Å²) < 4.78 is 2.51. The smallest absolute Gasteiger partial charge is 0.170 e. The van der Waals surface area contributed by atoms with E-state index in [2.05, 4.69) is 32.7 Å². The van der Waals surface area contributed by atoms with Crippen LogP contribution in [0.1, 0.15) is 34.9 Å². The second-order valence-electron chi connectivity index (χ2n) is 3.70. The molecule has 1 aliphatic rings. The van der Waals surface area contributed by atoms with Crippen molar-refractivity contribution in [2.75, 3.05) is 0 Å². The molecule has 1 fully saturated rings. The number of fused-ring (bicyclic) bond motifs is 1. The van der Waals surface area contributed by atoms with Gasteiger partial charge < -0.3 is 0 Å². The van der Waals surface area contributed by atoms with E-state index in [9.17, 15) is 4.79 Å². The van der Waals surface area contributed by atoms with E-state index in [0.29, 0.717) is 11.6 Å². The van der Waals surface area contributed by atoms with E-state index < -0.39 is 0 Å². The minimum atomic E-state index is 0.476. The third-order valence-electron chi connectivity index (χ3n) is 2.58. The van der Waals surface area contributed by atoms with Crippen molar-refractivity contribution in [2.45, 2.75) is 18.8 Å². The van der Waals surface area contributed by atoms with Crippen molar-refractivity contribution in [3.63, 3.8) is 0 Å². The van der Waals surface area contributed by atoms with Gasteiger partial charge >= 0.3 is 0 Å². The molecule has 0 aliphatic heterocycles. The molecule has 2 aromatic rings. The molecule has 0 bridgehead atoms. The van der Waals surface area contributed by atoms with Crippen molar-refractivity contribution in [1.29, 1.82) is 0 Å². The molecule has 5 heteroatoms. The van der Waals surface area contributed by atoms with Gasteiger partial charge in [0.2, 0.25) is 0 Å². The summed E-state index contributed by atoms with van der Waals surface area (Å²) in [5, 5.41) is 4.29. The maximum absolute atomic E-state index is 11.0. The highest BCUT2D eigenvalue weighted by Gasteiger charge is 2.30. The number of halogens is 1. The molecule has 0 unspecified atom stereocenters. The first-order chi connectivity index (χ1) is 7.29. The fourth-order valence-electron chi connectivity index (χ4n) is 1.71. The minimum Gasteiger partial charge on any atom is -0.296 e. The molecule has 0 radical (unpaired) electrons. The van der Waals surface area contributed by atoms with Gasteiger partial charge in [-0.3, -0.25) is 4.79 Å². The number of rotatable bonds is 2. The van der Waals surface area contributed by atoms with Crippen LogP contribution in [0.5, 0.6) is 0 Å². The number of aromatic nitrogens is 3. The average molecular weight is 313 g/mol. The molecule has 0 atom stereocenters. The highest BCUT2D eigenvalue weighted by atomic mass is 127. The van der Waals surface area contributed by atoms with Crippen LogP contribution in [-0.4, -0.2) is 20.9 Å². The summed E-state index contributed by atoms with van der Waals surface area (Å²) in [5.41, 5.74) is 2.30. The Bertz CT molecular complexity index is 545. The maximum atomic E-state index is 11.0. The Kier molecular flexibility index (Phi) is 2.01. The Hall–Kier alpha value is -0.980. The van der Waals surface area contributed by atoms with E-state index >= 15 is 0 Å². The van der Waals surface area contributed by atoms with Crippen LogP contribution in [-0.2, 0) is 0 Å². The summed E-state index contributed by atoms with van der Waals surface area (Å²) in [5.74, 6) is 0.476. The first-order valence-corrected chi connectivity index (χ1v) is 5.88. The Morgan fingerprint density at radius 3 is 2.93 bits per heavy atom. The van der Waals surface area contributed by atoms with E-state index in [1.54, 1.807) is 4.52 Å². The zero-order chi connectivity index (χ0) is 10.4. The predicted octanol–water partition coefficient (Wildman–Crippen LogP) is 2.02. The molecule has 2 heterocycles. The van der Waals surface area contributed by atoms with E-state index in [0.717, 1.165) is 34.2 Å². The van der Waals surface area contributed by atoms with Gasteiger partial charge in [-0.25, -0.2) is 9.50 Å². The molecule has 4 nitrogen and oxygen atoms in total. The fourth-order valence-corrected chi connectivity index (χ4v) is 2.11. The predicted molar refractivity (Wildman–Crippen MR) is 63.1 cm³/mol. The number of carbonyl (C=O) groups excluding carboxylic acids is 1. The van der Waals surface area contributed by atoms with Crippen LogP contribution in [0.25, 0.3) is 5.65 Å². The van der Waals surface area contributed by atoms with Gasteiger partial charge in [0.15, 0.2) is 11.9 Å². The van der Waals surface area contributed by atoms with Crippen LogP contribution in [0.15, 0.2) is 12.1 Å². The SMILES string of the molecule is O=Cc1c(C2CC2)nc2ccc(I)nn12. The lowest BCUT2D eigenvalue weighted by Crippen LogP contribution is -1.99. The van der Waals surface area contributed by atoms with Gasteiger partial charge in [0.05, 0.1) is 5.69 Å². The Morgan fingerprint density at radius 1 is 1.47 bits per heavy atom. The Balaban J connectivity index is 2.32. The lowest BCUT2D eigenvalue weighted by atomic mass is 10.2. The molecule has 2 aromatic heterocycles. The monoisotopic (exact) mass is 313 g/mol. The highest BCUT2D eigenvalue weighted by Crippen LogP contribution is 2.40. The zero-order valence-corrected chi connectivity index (χ0v) is 10.0. The standard InChI is InChI=1S/C10H8IN3O/c11-8-3-4-9-12-10(6-1-2-6)7(5-15)14(9)13-8/h3-6H,1-2H2. The van der Waals surface area contributed by atoms with Crippen LogP contribution in [0, 0.1) is 3.70 Å². The van der Waals surface area contributed by atoms with Crippen molar-refractivity contribution in [1.82, 2.24) is 14.6 Å². The van der Waals surface area contributed by atoms with Gasteiger partial charge in [-0.2, -0.15) is 5.10 Å². The highest BCUT2D eigenvalue weighted by molar-refractivity contribution is 14.1.